The molecular weight excluding hydrogens is 234 g/mol. The van der Waals surface area contributed by atoms with Crippen molar-refractivity contribution in [3.63, 3.8) is 0 Å². The van der Waals surface area contributed by atoms with Crippen LogP contribution in [0.1, 0.15) is 13.3 Å². The maximum atomic E-state index is 11.3. The van der Waals surface area contributed by atoms with Gasteiger partial charge in [0.05, 0.1) is 5.84 Å². The van der Waals surface area contributed by atoms with E-state index in [0.717, 1.165) is 6.54 Å². The molecule has 4 N–H and O–H groups in total. The first-order chi connectivity index (χ1) is 8.61. The van der Waals surface area contributed by atoms with Crippen LogP contribution in [0.5, 0.6) is 0 Å². The predicted molar refractivity (Wildman–Crippen MR) is 68.0 cm³/mol. The molecular formula is C10H15N7O. The molecule has 0 saturated heterocycles. The number of anilines is 1. The molecule has 96 valence electrons. The fourth-order valence-corrected chi connectivity index (χ4v) is 1.66. The first-order valence-electron chi connectivity index (χ1n) is 5.62. The maximum Gasteiger partial charge on any atom is 0.348 e. The second-order valence-corrected chi connectivity index (χ2v) is 3.86. The van der Waals surface area contributed by atoms with Gasteiger partial charge in [0.1, 0.15) is 12.1 Å². The first-order valence-corrected chi connectivity index (χ1v) is 5.62. The van der Waals surface area contributed by atoms with Crippen molar-refractivity contribution < 1.29 is 0 Å². The highest BCUT2D eigenvalue weighted by Crippen LogP contribution is 2.11. The second kappa shape index (κ2) is 4.86. The van der Waals surface area contributed by atoms with E-state index in [1.807, 2.05) is 11.8 Å². The Morgan fingerprint density at radius 2 is 2.44 bits per heavy atom. The number of hydrogen-bond acceptors (Lipinski definition) is 5. The lowest BCUT2D eigenvalue weighted by Crippen LogP contribution is -2.28. The summed E-state index contributed by atoms with van der Waals surface area (Å²) in [7, 11) is 0. The standard InChI is InChI=1S/C10H15N7O/c1-2-16(4-3-7(11)12)8-5-9-14-15-10(18)17(9)6-13-8/h5-6H,2-4H2,1H3,(H3,11,12)(H,15,18). The Balaban J connectivity index is 2.27. The Morgan fingerprint density at radius 1 is 1.67 bits per heavy atom. The molecule has 0 aliphatic heterocycles. The van der Waals surface area contributed by atoms with Crippen LogP contribution in [0.15, 0.2) is 17.2 Å². The quantitative estimate of drug-likeness (QED) is 0.491. The van der Waals surface area contributed by atoms with Crippen molar-refractivity contribution in [1.29, 1.82) is 5.41 Å². The number of H-pyrrole nitrogens is 1. The molecule has 18 heavy (non-hydrogen) atoms. The van der Waals surface area contributed by atoms with Crippen molar-refractivity contribution in [2.45, 2.75) is 13.3 Å². The lowest BCUT2D eigenvalue weighted by molar-refractivity contribution is 0.809. The highest BCUT2D eigenvalue weighted by Gasteiger charge is 2.09. The van der Waals surface area contributed by atoms with Gasteiger partial charge in [0.25, 0.3) is 0 Å². The third kappa shape index (κ3) is 2.31. The molecule has 2 rings (SSSR count). The van der Waals surface area contributed by atoms with Crippen molar-refractivity contribution in [2.75, 3.05) is 18.0 Å². The third-order valence-electron chi connectivity index (χ3n) is 2.65. The van der Waals surface area contributed by atoms with Gasteiger partial charge in [0, 0.05) is 25.6 Å². The van der Waals surface area contributed by atoms with E-state index < -0.39 is 0 Å². The molecule has 0 saturated carbocycles. The average Bonchev–Trinajstić information content (AvgIpc) is 2.71. The molecule has 0 unspecified atom stereocenters. The summed E-state index contributed by atoms with van der Waals surface area (Å²) in [5, 5.41) is 13.5. The van der Waals surface area contributed by atoms with Crippen molar-refractivity contribution >= 4 is 17.3 Å². The van der Waals surface area contributed by atoms with Gasteiger partial charge in [-0.05, 0) is 6.92 Å². The molecule has 0 spiro atoms. The van der Waals surface area contributed by atoms with Crippen LogP contribution in [-0.2, 0) is 0 Å². The number of nitrogens with one attached hydrogen (secondary N) is 2. The molecule has 0 fully saturated rings. The van der Waals surface area contributed by atoms with E-state index >= 15 is 0 Å². The van der Waals surface area contributed by atoms with Crippen LogP contribution in [0, 0.1) is 5.41 Å². The van der Waals surface area contributed by atoms with Gasteiger partial charge in [-0.1, -0.05) is 0 Å². The fourth-order valence-electron chi connectivity index (χ4n) is 1.66. The SMILES string of the molecule is CCN(CCC(=N)N)c1cc2n[nH]c(=O)n2cn1. The average molecular weight is 249 g/mol. The zero-order valence-electron chi connectivity index (χ0n) is 10.1. The van der Waals surface area contributed by atoms with E-state index in [1.165, 1.54) is 10.7 Å². The Labute approximate surface area is 103 Å². The van der Waals surface area contributed by atoms with Crippen molar-refractivity contribution in [3.05, 3.63) is 22.9 Å². The smallest absolute Gasteiger partial charge is 0.348 e. The molecule has 0 aliphatic carbocycles. The molecule has 0 aliphatic rings. The number of aromatic amines is 1. The van der Waals surface area contributed by atoms with Crippen LogP contribution in [0.4, 0.5) is 5.82 Å². The van der Waals surface area contributed by atoms with Crippen LogP contribution < -0.4 is 16.3 Å². The molecule has 2 aromatic heterocycles. The van der Waals surface area contributed by atoms with Crippen molar-refractivity contribution in [3.8, 4) is 0 Å². The maximum absolute atomic E-state index is 11.3. The summed E-state index contributed by atoms with van der Waals surface area (Å²) in [6.45, 7) is 3.34. The summed E-state index contributed by atoms with van der Waals surface area (Å²) >= 11 is 0. The van der Waals surface area contributed by atoms with Crippen LogP contribution in [0.3, 0.4) is 0 Å². The Bertz CT molecular complexity index is 614. The molecule has 0 bridgehead atoms. The Hall–Kier alpha value is -2.38. The number of fused-ring (bicyclic) bond motifs is 1. The minimum absolute atomic E-state index is 0.144. The second-order valence-electron chi connectivity index (χ2n) is 3.86. The van der Waals surface area contributed by atoms with E-state index in [2.05, 4.69) is 15.2 Å². The first kappa shape index (κ1) is 12.1. The minimum Gasteiger partial charge on any atom is -0.388 e. The molecule has 0 radical (unpaired) electrons. The summed E-state index contributed by atoms with van der Waals surface area (Å²) in [5.74, 6) is 0.857. The van der Waals surface area contributed by atoms with E-state index in [9.17, 15) is 4.79 Å². The predicted octanol–water partition coefficient (Wildman–Crippen LogP) is -0.430. The third-order valence-corrected chi connectivity index (χ3v) is 2.65. The molecule has 2 aromatic rings. The van der Waals surface area contributed by atoms with Gasteiger partial charge in [-0.15, -0.1) is 0 Å². The summed E-state index contributed by atoms with van der Waals surface area (Å²) < 4.78 is 1.34. The van der Waals surface area contributed by atoms with E-state index in [0.29, 0.717) is 24.4 Å². The number of hydrogen-bond donors (Lipinski definition) is 3. The lowest BCUT2D eigenvalue weighted by atomic mass is 10.3. The highest BCUT2D eigenvalue weighted by atomic mass is 16.1. The van der Waals surface area contributed by atoms with Crippen LogP contribution in [-0.4, -0.2) is 38.5 Å². The number of rotatable bonds is 5. The summed E-state index contributed by atoms with van der Waals surface area (Å²) in [5.41, 5.74) is 5.55. The van der Waals surface area contributed by atoms with Crippen LogP contribution in [0.25, 0.3) is 5.65 Å². The molecule has 8 nitrogen and oxygen atoms in total. The van der Waals surface area contributed by atoms with Gasteiger partial charge in [-0.3, -0.25) is 5.41 Å². The Kier molecular flexibility index (Phi) is 3.26. The minimum atomic E-state index is -0.309. The van der Waals surface area contributed by atoms with Gasteiger partial charge in [0.2, 0.25) is 0 Å². The largest absolute Gasteiger partial charge is 0.388 e. The summed E-state index contributed by atoms with van der Waals surface area (Å²) in [4.78, 5) is 17.5. The van der Waals surface area contributed by atoms with Gasteiger partial charge in [-0.2, -0.15) is 5.10 Å². The van der Waals surface area contributed by atoms with E-state index in [-0.39, 0.29) is 11.5 Å². The topological polar surface area (TPSA) is 116 Å². The zero-order chi connectivity index (χ0) is 13.1. The number of nitrogens with zero attached hydrogens (tertiary/aromatic N) is 4. The normalized spacial score (nSPS) is 10.7. The fraction of sp³-hybridized carbons (Fsp3) is 0.400. The van der Waals surface area contributed by atoms with Gasteiger partial charge in [-0.25, -0.2) is 19.3 Å². The summed E-state index contributed by atoms with van der Waals surface area (Å²) in [6, 6.07) is 1.72. The van der Waals surface area contributed by atoms with E-state index in [4.69, 9.17) is 11.1 Å². The van der Waals surface area contributed by atoms with Crippen LogP contribution >= 0.6 is 0 Å². The summed E-state index contributed by atoms with van der Waals surface area (Å²) in [6.07, 6.45) is 1.92. The molecule has 8 heteroatoms. The van der Waals surface area contributed by atoms with Crippen LogP contribution in [0.2, 0.25) is 0 Å². The number of nitrogens with two attached hydrogens (primary N) is 1. The highest BCUT2D eigenvalue weighted by molar-refractivity contribution is 5.77. The van der Waals surface area contributed by atoms with E-state index in [1.54, 1.807) is 6.07 Å². The molecule has 0 amide bonds. The number of amidine groups is 1. The van der Waals surface area contributed by atoms with Gasteiger partial charge in [0.15, 0.2) is 5.65 Å². The van der Waals surface area contributed by atoms with Gasteiger partial charge >= 0.3 is 5.69 Å². The number of aromatic nitrogens is 4. The molecule has 0 aromatic carbocycles. The Morgan fingerprint density at radius 3 is 3.11 bits per heavy atom. The van der Waals surface area contributed by atoms with Crippen molar-refractivity contribution in [2.24, 2.45) is 5.73 Å². The molecule has 2 heterocycles. The monoisotopic (exact) mass is 249 g/mol. The lowest BCUT2D eigenvalue weighted by Gasteiger charge is -2.21. The van der Waals surface area contributed by atoms with Crippen molar-refractivity contribution in [1.82, 2.24) is 19.6 Å². The van der Waals surface area contributed by atoms with Gasteiger partial charge < -0.3 is 10.6 Å². The zero-order valence-corrected chi connectivity index (χ0v) is 10.1. The molecule has 0 atom stereocenters.